The van der Waals surface area contributed by atoms with Gasteiger partial charge in [0.2, 0.25) is 13.1 Å². The number of hydrogen-bond acceptors (Lipinski definition) is 7. The third-order valence-electron chi connectivity index (χ3n) is 7.07. The minimum atomic E-state index is -0.617. The summed E-state index contributed by atoms with van der Waals surface area (Å²) < 4.78 is 28.5. The van der Waals surface area contributed by atoms with Crippen LogP contribution < -0.4 is 19.5 Å². The number of rotatable bonds is 11. The number of methoxy groups -OCH3 is 1. The standard InChI is InChI=1S/C29H34N2O7/c1-3-35-29-21(5-4-12-32)22(18-6-9-25-26(13-18)37-17-36-25)15-27(38-29)28(33)30-11-10-19-16-31-24-8-7-20(34-2)14-23(19)24/h6-9,13-16,21-22,29,31-32H,3-5,10-12,17H2,1-2H3,(H,30,33)/t21-,22+,29+/m1/s1. The summed E-state index contributed by atoms with van der Waals surface area (Å²) in [6.45, 7) is 3.03. The summed E-state index contributed by atoms with van der Waals surface area (Å²) in [6.07, 6.45) is 5.12. The zero-order chi connectivity index (χ0) is 26.5. The highest BCUT2D eigenvalue weighted by Crippen LogP contribution is 2.42. The molecule has 3 aromatic rings. The molecule has 2 aliphatic rings. The molecule has 202 valence electrons. The number of carbonyl (C=O) groups excluding carboxylic acids is 1. The van der Waals surface area contributed by atoms with Crippen molar-refractivity contribution in [2.45, 2.75) is 38.4 Å². The number of aromatic nitrogens is 1. The van der Waals surface area contributed by atoms with Crippen molar-refractivity contribution in [2.24, 2.45) is 5.92 Å². The number of carbonyl (C=O) groups is 1. The Morgan fingerprint density at radius 3 is 2.87 bits per heavy atom. The smallest absolute Gasteiger partial charge is 0.286 e. The molecular weight excluding hydrogens is 488 g/mol. The molecule has 9 heteroatoms. The molecule has 0 spiro atoms. The summed E-state index contributed by atoms with van der Waals surface area (Å²) in [5.41, 5.74) is 3.08. The Morgan fingerprint density at radius 1 is 1.18 bits per heavy atom. The fourth-order valence-corrected chi connectivity index (χ4v) is 5.15. The van der Waals surface area contributed by atoms with Crippen LogP contribution in [0.25, 0.3) is 10.9 Å². The number of benzene rings is 2. The average molecular weight is 523 g/mol. The van der Waals surface area contributed by atoms with Crippen molar-refractivity contribution in [1.29, 1.82) is 0 Å². The second kappa shape index (κ2) is 11.8. The van der Waals surface area contributed by atoms with Crippen molar-refractivity contribution < 1.29 is 33.6 Å². The van der Waals surface area contributed by atoms with Crippen LogP contribution in [-0.2, 0) is 20.7 Å². The predicted molar refractivity (Wildman–Crippen MR) is 141 cm³/mol. The molecule has 0 fully saturated rings. The van der Waals surface area contributed by atoms with E-state index in [1.807, 2.05) is 55.6 Å². The zero-order valence-electron chi connectivity index (χ0n) is 21.7. The van der Waals surface area contributed by atoms with Gasteiger partial charge >= 0.3 is 0 Å². The molecule has 0 bridgehead atoms. The molecule has 1 amide bonds. The Morgan fingerprint density at radius 2 is 2.05 bits per heavy atom. The molecule has 0 aliphatic carbocycles. The maximum atomic E-state index is 13.3. The molecule has 2 aliphatic heterocycles. The normalized spacial score (nSPS) is 20.2. The molecule has 3 heterocycles. The van der Waals surface area contributed by atoms with Crippen molar-refractivity contribution in [2.75, 3.05) is 33.7 Å². The fourth-order valence-electron chi connectivity index (χ4n) is 5.15. The van der Waals surface area contributed by atoms with Crippen molar-refractivity contribution in [1.82, 2.24) is 10.3 Å². The number of ether oxygens (including phenoxy) is 5. The lowest BCUT2D eigenvalue weighted by Gasteiger charge is -2.37. The van der Waals surface area contributed by atoms with Crippen LogP contribution in [0.1, 0.15) is 36.8 Å². The van der Waals surface area contributed by atoms with E-state index in [1.54, 1.807) is 7.11 Å². The van der Waals surface area contributed by atoms with E-state index in [-0.39, 0.29) is 36.9 Å². The lowest BCUT2D eigenvalue weighted by Crippen LogP contribution is -2.39. The molecule has 9 nitrogen and oxygen atoms in total. The van der Waals surface area contributed by atoms with Gasteiger partial charge in [-0.05, 0) is 73.7 Å². The SMILES string of the molecule is CCO[C@H]1OC(C(=O)NCCc2c[nH]c3ccc(OC)cc23)=C[C@@H](c2ccc3c(c2)OCO3)[C@H]1CCCO. The van der Waals surface area contributed by atoms with Crippen LogP contribution in [0.3, 0.4) is 0 Å². The monoisotopic (exact) mass is 522 g/mol. The second-order valence-corrected chi connectivity index (χ2v) is 9.37. The Kier molecular flexibility index (Phi) is 8.05. The highest BCUT2D eigenvalue weighted by molar-refractivity contribution is 5.92. The number of aromatic amines is 1. The second-order valence-electron chi connectivity index (χ2n) is 9.37. The van der Waals surface area contributed by atoms with Gasteiger partial charge in [-0.2, -0.15) is 0 Å². The molecule has 1 aromatic heterocycles. The minimum Gasteiger partial charge on any atom is -0.497 e. The first-order valence-electron chi connectivity index (χ1n) is 13.0. The third-order valence-corrected chi connectivity index (χ3v) is 7.07. The number of allylic oxidation sites excluding steroid dienone is 1. The van der Waals surface area contributed by atoms with E-state index in [4.69, 9.17) is 23.7 Å². The van der Waals surface area contributed by atoms with Crippen LogP contribution in [0.5, 0.6) is 17.2 Å². The number of aliphatic hydroxyl groups excluding tert-OH is 1. The number of nitrogens with one attached hydrogen (secondary N) is 2. The van der Waals surface area contributed by atoms with Gasteiger partial charge in [-0.25, -0.2) is 0 Å². The van der Waals surface area contributed by atoms with Gasteiger partial charge in [0, 0.05) is 48.7 Å². The van der Waals surface area contributed by atoms with E-state index in [0.717, 1.165) is 27.8 Å². The number of aliphatic hydroxyl groups is 1. The topological polar surface area (TPSA) is 111 Å². The average Bonchev–Trinajstić information content (AvgIpc) is 3.58. The van der Waals surface area contributed by atoms with Gasteiger partial charge in [0.15, 0.2) is 17.3 Å². The van der Waals surface area contributed by atoms with E-state index in [1.165, 1.54) is 0 Å². The number of hydrogen-bond donors (Lipinski definition) is 3. The Bertz CT molecular complexity index is 1300. The minimum absolute atomic E-state index is 0.0694. The lowest BCUT2D eigenvalue weighted by atomic mass is 9.80. The molecule has 5 rings (SSSR count). The summed E-state index contributed by atoms with van der Waals surface area (Å²) in [5.74, 6) is 1.85. The largest absolute Gasteiger partial charge is 0.497 e. The highest BCUT2D eigenvalue weighted by Gasteiger charge is 2.38. The van der Waals surface area contributed by atoms with Crippen LogP contribution in [0.2, 0.25) is 0 Å². The molecule has 0 unspecified atom stereocenters. The van der Waals surface area contributed by atoms with Gasteiger partial charge in [0.25, 0.3) is 5.91 Å². The van der Waals surface area contributed by atoms with Gasteiger partial charge < -0.3 is 39.1 Å². The summed E-state index contributed by atoms with van der Waals surface area (Å²) in [5, 5.41) is 13.6. The number of H-pyrrole nitrogens is 1. The van der Waals surface area contributed by atoms with Gasteiger partial charge in [0.1, 0.15) is 5.75 Å². The van der Waals surface area contributed by atoms with Gasteiger partial charge in [-0.15, -0.1) is 0 Å². The van der Waals surface area contributed by atoms with Crippen LogP contribution in [0.15, 0.2) is 54.4 Å². The third kappa shape index (κ3) is 5.44. The number of amides is 1. The van der Waals surface area contributed by atoms with Crippen molar-refractivity contribution in [3.63, 3.8) is 0 Å². The molecule has 3 atom stereocenters. The van der Waals surface area contributed by atoms with Gasteiger partial charge in [-0.1, -0.05) is 6.07 Å². The molecule has 38 heavy (non-hydrogen) atoms. The molecule has 0 saturated heterocycles. The van der Waals surface area contributed by atoms with Crippen LogP contribution in [0.4, 0.5) is 0 Å². The van der Waals surface area contributed by atoms with Crippen molar-refractivity contribution in [3.8, 4) is 17.2 Å². The first-order chi connectivity index (χ1) is 18.6. The molecule has 0 radical (unpaired) electrons. The Balaban J connectivity index is 1.34. The Labute approximate surface area is 221 Å². The summed E-state index contributed by atoms with van der Waals surface area (Å²) >= 11 is 0. The first kappa shape index (κ1) is 25.9. The van der Waals surface area contributed by atoms with Crippen LogP contribution in [0, 0.1) is 5.92 Å². The summed E-state index contributed by atoms with van der Waals surface area (Å²) in [6, 6.07) is 11.7. The quantitative estimate of drug-likeness (QED) is 0.349. The Hall–Kier alpha value is -3.69. The van der Waals surface area contributed by atoms with E-state index < -0.39 is 6.29 Å². The summed E-state index contributed by atoms with van der Waals surface area (Å²) in [7, 11) is 1.65. The van der Waals surface area contributed by atoms with Crippen molar-refractivity contribution >= 4 is 16.8 Å². The van der Waals surface area contributed by atoms with E-state index >= 15 is 0 Å². The van der Waals surface area contributed by atoms with Crippen LogP contribution in [-0.4, -0.2) is 55.9 Å². The number of fused-ring (bicyclic) bond motifs is 2. The zero-order valence-corrected chi connectivity index (χ0v) is 21.7. The van der Waals surface area contributed by atoms with Gasteiger partial charge in [0.05, 0.1) is 7.11 Å². The van der Waals surface area contributed by atoms with E-state index in [9.17, 15) is 9.90 Å². The van der Waals surface area contributed by atoms with E-state index in [0.29, 0.717) is 43.9 Å². The molecule has 0 saturated carbocycles. The summed E-state index contributed by atoms with van der Waals surface area (Å²) in [4.78, 5) is 16.5. The first-order valence-corrected chi connectivity index (χ1v) is 13.0. The fraction of sp³-hybridized carbons (Fsp3) is 0.414. The maximum Gasteiger partial charge on any atom is 0.286 e. The lowest BCUT2D eigenvalue weighted by molar-refractivity contribution is -0.166. The van der Waals surface area contributed by atoms with Crippen molar-refractivity contribution in [3.05, 3.63) is 65.6 Å². The van der Waals surface area contributed by atoms with E-state index in [2.05, 4.69) is 10.3 Å². The maximum absolute atomic E-state index is 13.3. The molecule has 3 N–H and O–H groups in total. The molecule has 2 aromatic carbocycles. The highest BCUT2D eigenvalue weighted by atomic mass is 16.7. The molecular formula is C29H34N2O7. The van der Waals surface area contributed by atoms with Gasteiger partial charge in [-0.3, -0.25) is 4.79 Å². The van der Waals surface area contributed by atoms with Crippen LogP contribution >= 0.6 is 0 Å². The predicted octanol–water partition coefficient (Wildman–Crippen LogP) is 4.01.